The molecule has 0 bridgehead atoms. The van der Waals surface area contributed by atoms with Gasteiger partial charge in [0.1, 0.15) is 12.3 Å². The Morgan fingerprint density at radius 2 is 1.69 bits per heavy atom. The summed E-state index contributed by atoms with van der Waals surface area (Å²) in [7, 11) is -2.33. The van der Waals surface area contributed by atoms with Crippen molar-refractivity contribution in [1.82, 2.24) is 5.32 Å². The molecule has 3 aromatic rings. The van der Waals surface area contributed by atoms with Crippen LogP contribution < -0.4 is 14.4 Å². The summed E-state index contributed by atoms with van der Waals surface area (Å²) in [6.45, 7) is 3.52. The number of carbonyl (C=O) groups is 1. The minimum Gasteiger partial charge on any atom is -0.497 e. The van der Waals surface area contributed by atoms with E-state index in [2.05, 4.69) is 5.32 Å². The van der Waals surface area contributed by atoms with Crippen LogP contribution in [0, 0.1) is 6.92 Å². The first-order valence-corrected chi connectivity index (χ1v) is 11.9. The van der Waals surface area contributed by atoms with Crippen LogP contribution in [0.2, 0.25) is 0 Å². The smallest absolute Gasteiger partial charge is 0.264 e. The third-order valence-electron chi connectivity index (χ3n) is 5.17. The molecule has 0 spiro atoms. The highest BCUT2D eigenvalue weighted by Gasteiger charge is 2.28. The van der Waals surface area contributed by atoms with Gasteiger partial charge >= 0.3 is 0 Å². The number of anilines is 1. The van der Waals surface area contributed by atoms with Gasteiger partial charge in [-0.15, -0.1) is 0 Å². The summed E-state index contributed by atoms with van der Waals surface area (Å²) in [5.74, 6) is 0.350. The van der Waals surface area contributed by atoms with E-state index in [-0.39, 0.29) is 23.4 Å². The number of hydrogen-bond acceptors (Lipinski definition) is 4. The van der Waals surface area contributed by atoms with Gasteiger partial charge in [-0.05, 0) is 60.9 Å². The normalized spacial score (nSPS) is 12.1. The topological polar surface area (TPSA) is 75.7 Å². The van der Waals surface area contributed by atoms with Gasteiger partial charge in [0.25, 0.3) is 10.0 Å². The molecular weight excluding hydrogens is 424 g/mol. The highest BCUT2D eigenvalue weighted by atomic mass is 32.2. The van der Waals surface area contributed by atoms with Crippen molar-refractivity contribution in [3.05, 3.63) is 90.0 Å². The molecule has 1 N–H and O–H groups in total. The van der Waals surface area contributed by atoms with Gasteiger partial charge in [-0.2, -0.15) is 0 Å². The summed E-state index contributed by atoms with van der Waals surface area (Å²) in [6, 6.07) is 22.5. The molecule has 1 unspecified atom stereocenters. The maximum atomic E-state index is 13.4. The van der Waals surface area contributed by atoms with Crippen LogP contribution in [0.3, 0.4) is 0 Å². The van der Waals surface area contributed by atoms with Gasteiger partial charge in [0.05, 0.1) is 23.7 Å². The molecule has 3 aromatic carbocycles. The Hall–Kier alpha value is -3.32. The molecule has 3 rings (SSSR count). The Morgan fingerprint density at radius 3 is 2.28 bits per heavy atom. The van der Waals surface area contributed by atoms with Crippen molar-refractivity contribution in [2.45, 2.75) is 31.2 Å². The Kier molecular flexibility index (Phi) is 7.53. The fraction of sp³-hybridized carbons (Fsp3) is 0.240. The van der Waals surface area contributed by atoms with Crippen LogP contribution in [-0.2, 0) is 14.8 Å². The van der Waals surface area contributed by atoms with Crippen molar-refractivity contribution in [3.8, 4) is 5.75 Å². The monoisotopic (exact) mass is 452 g/mol. The Morgan fingerprint density at radius 1 is 1.00 bits per heavy atom. The van der Waals surface area contributed by atoms with Crippen molar-refractivity contribution in [1.29, 1.82) is 0 Å². The number of rotatable bonds is 9. The number of aryl methyl sites for hydroxylation is 1. The van der Waals surface area contributed by atoms with Gasteiger partial charge in [0, 0.05) is 0 Å². The van der Waals surface area contributed by atoms with Crippen LogP contribution in [0.4, 0.5) is 5.69 Å². The summed E-state index contributed by atoms with van der Waals surface area (Å²) >= 11 is 0. The standard InChI is InChI=1S/C25H28N2O4S/c1-4-24(20-13-15-22(31-3)16-14-20)26-25(28)18-27(21-10-8-9-19(2)17-21)32(29,30)23-11-6-5-7-12-23/h5-17,24H,4,18H2,1-3H3,(H,26,28). The second-order valence-corrected chi connectivity index (χ2v) is 9.33. The minimum atomic E-state index is -3.93. The highest BCUT2D eigenvalue weighted by Crippen LogP contribution is 2.25. The molecule has 7 heteroatoms. The zero-order valence-electron chi connectivity index (χ0n) is 18.5. The van der Waals surface area contributed by atoms with E-state index in [1.165, 1.54) is 12.1 Å². The summed E-state index contributed by atoms with van der Waals surface area (Å²) < 4.78 is 33.2. The Balaban J connectivity index is 1.87. The largest absolute Gasteiger partial charge is 0.497 e. The Bertz CT molecular complexity index is 1150. The lowest BCUT2D eigenvalue weighted by Crippen LogP contribution is -2.42. The average molecular weight is 453 g/mol. The molecular formula is C25H28N2O4S. The molecule has 0 radical (unpaired) electrons. The SMILES string of the molecule is CCC(NC(=O)CN(c1cccc(C)c1)S(=O)(=O)c1ccccc1)c1ccc(OC)cc1. The summed E-state index contributed by atoms with van der Waals surface area (Å²) in [6.07, 6.45) is 0.661. The van der Waals surface area contributed by atoms with E-state index in [9.17, 15) is 13.2 Å². The highest BCUT2D eigenvalue weighted by molar-refractivity contribution is 7.92. The van der Waals surface area contributed by atoms with Crippen LogP contribution in [0.5, 0.6) is 5.75 Å². The van der Waals surface area contributed by atoms with E-state index in [4.69, 9.17) is 4.74 Å². The Labute approximate surface area is 189 Å². The number of amides is 1. The molecule has 0 saturated heterocycles. The lowest BCUT2D eigenvalue weighted by molar-refractivity contribution is -0.120. The number of nitrogens with zero attached hydrogens (tertiary/aromatic N) is 1. The predicted octanol–water partition coefficient (Wildman–Crippen LogP) is 4.47. The molecule has 1 amide bonds. The number of benzene rings is 3. The van der Waals surface area contributed by atoms with Gasteiger partial charge in [-0.3, -0.25) is 9.10 Å². The van der Waals surface area contributed by atoms with Crippen LogP contribution in [0.1, 0.15) is 30.5 Å². The van der Waals surface area contributed by atoms with E-state index >= 15 is 0 Å². The molecule has 6 nitrogen and oxygen atoms in total. The molecule has 0 fully saturated rings. The number of methoxy groups -OCH3 is 1. The molecule has 1 atom stereocenters. The number of nitrogens with one attached hydrogen (secondary N) is 1. The second-order valence-electron chi connectivity index (χ2n) is 7.47. The number of hydrogen-bond donors (Lipinski definition) is 1. The maximum absolute atomic E-state index is 13.4. The van der Waals surface area contributed by atoms with E-state index in [1.807, 2.05) is 44.2 Å². The van der Waals surface area contributed by atoms with Gasteiger partial charge in [-0.1, -0.05) is 49.4 Å². The van der Waals surface area contributed by atoms with Crippen molar-refractivity contribution < 1.29 is 17.9 Å². The maximum Gasteiger partial charge on any atom is 0.264 e. The fourth-order valence-electron chi connectivity index (χ4n) is 3.45. The average Bonchev–Trinajstić information content (AvgIpc) is 2.81. The first-order valence-electron chi connectivity index (χ1n) is 10.4. The van der Waals surface area contributed by atoms with E-state index in [0.29, 0.717) is 12.1 Å². The first-order chi connectivity index (χ1) is 15.3. The zero-order chi connectivity index (χ0) is 23.1. The summed E-state index contributed by atoms with van der Waals surface area (Å²) in [5.41, 5.74) is 2.28. The van der Waals surface area contributed by atoms with Crippen LogP contribution in [-0.4, -0.2) is 28.0 Å². The van der Waals surface area contributed by atoms with Gasteiger partial charge in [-0.25, -0.2) is 8.42 Å². The fourth-order valence-corrected chi connectivity index (χ4v) is 4.88. The molecule has 0 aromatic heterocycles. The molecule has 0 saturated carbocycles. The number of carbonyl (C=O) groups excluding carboxylic acids is 1. The number of ether oxygens (including phenoxy) is 1. The van der Waals surface area contributed by atoms with Crippen LogP contribution >= 0.6 is 0 Å². The molecule has 0 aliphatic rings. The van der Waals surface area contributed by atoms with Crippen LogP contribution in [0.25, 0.3) is 0 Å². The predicted molar refractivity (Wildman–Crippen MR) is 126 cm³/mol. The lowest BCUT2D eigenvalue weighted by Gasteiger charge is -2.26. The quantitative estimate of drug-likeness (QED) is 0.520. The van der Waals surface area contributed by atoms with Gasteiger partial charge in [0.2, 0.25) is 5.91 Å². The number of sulfonamides is 1. The van der Waals surface area contributed by atoms with E-state index in [0.717, 1.165) is 21.2 Å². The first kappa shape index (κ1) is 23.3. The molecule has 0 aliphatic carbocycles. The van der Waals surface area contributed by atoms with Gasteiger partial charge < -0.3 is 10.1 Å². The van der Waals surface area contributed by atoms with Crippen molar-refractivity contribution >= 4 is 21.6 Å². The lowest BCUT2D eigenvalue weighted by atomic mass is 10.0. The zero-order valence-corrected chi connectivity index (χ0v) is 19.3. The minimum absolute atomic E-state index is 0.136. The second kappa shape index (κ2) is 10.3. The third kappa shape index (κ3) is 5.48. The summed E-state index contributed by atoms with van der Waals surface area (Å²) in [4.78, 5) is 13.1. The molecule has 168 valence electrons. The van der Waals surface area contributed by atoms with Gasteiger partial charge in [0.15, 0.2) is 0 Å². The van der Waals surface area contributed by atoms with E-state index < -0.39 is 10.0 Å². The molecule has 0 aliphatic heterocycles. The third-order valence-corrected chi connectivity index (χ3v) is 6.96. The van der Waals surface area contributed by atoms with Crippen molar-refractivity contribution in [3.63, 3.8) is 0 Å². The molecule has 0 heterocycles. The van der Waals surface area contributed by atoms with E-state index in [1.54, 1.807) is 43.5 Å². The van der Waals surface area contributed by atoms with Crippen LogP contribution in [0.15, 0.2) is 83.8 Å². The summed E-state index contributed by atoms with van der Waals surface area (Å²) in [5, 5.41) is 2.97. The molecule has 32 heavy (non-hydrogen) atoms. The van der Waals surface area contributed by atoms with Crippen molar-refractivity contribution in [2.24, 2.45) is 0 Å². The van der Waals surface area contributed by atoms with Crippen molar-refractivity contribution in [2.75, 3.05) is 18.0 Å².